The molecule has 0 aliphatic carbocycles. The van der Waals surface area contributed by atoms with Crippen molar-refractivity contribution >= 4 is 34.4 Å². The number of nitrogens with two attached hydrogens (primary N) is 1. The van der Waals surface area contributed by atoms with E-state index in [0.717, 1.165) is 43.0 Å². The van der Waals surface area contributed by atoms with Gasteiger partial charge in [0.25, 0.3) is 5.56 Å². The minimum Gasteiger partial charge on any atom is -0.399 e. The molecular formula is C22H22N6O. The van der Waals surface area contributed by atoms with Gasteiger partial charge in [-0.3, -0.25) is 9.36 Å². The van der Waals surface area contributed by atoms with Crippen LogP contribution >= 0.6 is 0 Å². The first-order valence-electron chi connectivity index (χ1n) is 9.86. The molecule has 0 saturated carbocycles. The van der Waals surface area contributed by atoms with Crippen LogP contribution in [0.3, 0.4) is 0 Å². The zero-order chi connectivity index (χ0) is 19.8. The lowest BCUT2D eigenvalue weighted by Gasteiger charge is -2.16. The fourth-order valence-corrected chi connectivity index (χ4v) is 3.96. The van der Waals surface area contributed by atoms with Crippen molar-refractivity contribution in [1.29, 1.82) is 0 Å². The van der Waals surface area contributed by atoms with Gasteiger partial charge in [0.1, 0.15) is 0 Å². The number of rotatable bonds is 4. The Morgan fingerprint density at radius 2 is 1.83 bits per heavy atom. The molecular weight excluding hydrogens is 364 g/mol. The zero-order valence-corrected chi connectivity index (χ0v) is 16.0. The van der Waals surface area contributed by atoms with Crippen molar-refractivity contribution in [3.05, 3.63) is 70.5 Å². The summed E-state index contributed by atoms with van der Waals surface area (Å²) in [6.07, 6.45) is 6.25. The van der Waals surface area contributed by atoms with Gasteiger partial charge in [-0.15, -0.1) is 10.2 Å². The summed E-state index contributed by atoms with van der Waals surface area (Å²) in [6.45, 7) is 2.30. The highest BCUT2D eigenvalue weighted by Crippen LogP contribution is 2.24. The molecule has 1 aliphatic rings. The average molecular weight is 386 g/mol. The molecule has 146 valence electrons. The van der Waals surface area contributed by atoms with E-state index in [1.807, 2.05) is 59.0 Å². The highest BCUT2D eigenvalue weighted by molar-refractivity contribution is 5.84. The standard InChI is InChI=1S/C22H22N6O/c23-17-10-11-19-18(15-17)20(29)27(14-6-9-16-7-2-1-3-8-16)22-25-24-21(28(19)22)26-12-4-5-13-26/h1-3,6-11,15H,4-5,12-14,23H2. The number of hydrogen-bond donors (Lipinski definition) is 1. The molecule has 1 fully saturated rings. The van der Waals surface area contributed by atoms with E-state index >= 15 is 0 Å². The quantitative estimate of drug-likeness (QED) is 0.546. The SMILES string of the molecule is Nc1ccc2c(c1)c(=O)n(CC=Cc1ccccc1)c1nnc(N3CCCC3)n21. The topological polar surface area (TPSA) is 81.5 Å². The van der Waals surface area contributed by atoms with E-state index in [0.29, 0.717) is 23.4 Å². The van der Waals surface area contributed by atoms with Crippen LogP contribution in [0.2, 0.25) is 0 Å². The van der Waals surface area contributed by atoms with Gasteiger partial charge in [0, 0.05) is 25.3 Å². The van der Waals surface area contributed by atoms with Crippen LogP contribution in [-0.4, -0.2) is 32.3 Å². The van der Waals surface area contributed by atoms with Gasteiger partial charge < -0.3 is 10.6 Å². The lowest BCUT2D eigenvalue weighted by molar-refractivity contribution is 0.786. The van der Waals surface area contributed by atoms with Crippen LogP contribution in [0, 0.1) is 0 Å². The van der Waals surface area contributed by atoms with Crippen molar-refractivity contribution in [3.63, 3.8) is 0 Å². The second kappa shape index (κ2) is 7.09. The number of hydrogen-bond acceptors (Lipinski definition) is 5. The molecule has 3 heterocycles. The van der Waals surface area contributed by atoms with E-state index in [1.165, 1.54) is 0 Å². The van der Waals surface area contributed by atoms with Gasteiger partial charge in [0.2, 0.25) is 11.7 Å². The molecule has 1 saturated heterocycles. The largest absolute Gasteiger partial charge is 0.399 e. The lowest BCUT2D eigenvalue weighted by Crippen LogP contribution is -2.25. The van der Waals surface area contributed by atoms with Crippen molar-refractivity contribution in [2.45, 2.75) is 19.4 Å². The smallest absolute Gasteiger partial charge is 0.263 e. The van der Waals surface area contributed by atoms with Gasteiger partial charge in [0.05, 0.1) is 10.9 Å². The molecule has 4 aromatic rings. The molecule has 0 radical (unpaired) electrons. The Morgan fingerprint density at radius 3 is 2.62 bits per heavy atom. The maximum Gasteiger partial charge on any atom is 0.263 e. The molecule has 7 nitrogen and oxygen atoms in total. The maximum absolute atomic E-state index is 13.2. The Bertz CT molecular complexity index is 1270. The van der Waals surface area contributed by atoms with Crippen molar-refractivity contribution in [2.75, 3.05) is 23.7 Å². The van der Waals surface area contributed by atoms with E-state index in [1.54, 1.807) is 10.6 Å². The lowest BCUT2D eigenvalue weighted by atomic mass is 10.2. The van der Waals surface area contributed by atoms with Gasteiger partial charge in [-0.25, -0.2) is 4.40 Å². The van der Waals surface area contributed by atoms with Crippen molar-refractivity contribution in [1.82, 2.24) is 19.2 Å². The predicted molar refractivity (Wildman–Crippen MR) is 116 cm³/mol. The zero-order valence-electron chi connectivity index (χ0n) is 16.0. The molecule has 2 N–H and O–H groups in total. The molecule has 0 bridgehead atoms. The molecule has 0 amide bonds. The van der Waals surface area contributed by atoms with Gasteiger partial charge in [-0.2, -0.15) is 0 Å². The molecule has 0 atom stereocenters. The summed E-state index contributed by atoms with van der Waals surface area (Å²) in [5.74, 6) is 1.33. The second-order valence-corrected chi connectivity index (χ2v) is 7.33. The Kier molecular flexibility index (Phi) is 4.27. The first-order chi connectivity index (χ1) is 14.2. The molecule has 0 unspecified atom stereocenters. The van der Waals surface area contributed by atoms with E-state index in [-0.39, 0.29) is 5.56 Å². The average Bonchev–Trinajstić information content (AvgIpc) is 3.41. The van der Waals surface area contributed by atoms with Crippen LogP contribution in [0.15, 0.2) is 59.4 Å². The first-order valence-corrected chi connectivity index (χ1v) is 9.86. The number of benzene rings is 2. The second-order valence-electron chi connectivity index (χ2n) is 7.33. The number of aromatic nitrogens is 4. The number of allylic oxidation sites excluding steroid dienone is 1. The monoisotopic (exact) mass is 386 g/mol. The number of nitrogens with zero attached hydrogens (tertiary/aromatic N) is 5. The number of anilines is 2. The van der Waals surface area contributed by atoms with Crippen LogP contribution in [-0.2, 0) is 6.54 Å². The van der Waals surface area contributed by atoms with Crippen LogP contribution in [0.4, 0.5) is 11.6 Å². The summed E-state index contributed by atoms with van der Waals surface area (Å²) in [4.78, 5) is 15.5. The van der Waals surface area contributed by atoms with Crippen molar-refractivity contribution in [3.8, 4) is 0 Å². The summed E-state index contributed by atoms with van der Waals surface area (Å²) in [7, 11) is 0. The molecule has 2 aromatic carbocycles. The Balaban J connectivity index is 1.68. The van der Waals surface area contributed by atoms with Gasteiger partial charge in [-0.1, -0.05) is 42.5 Å². The van der Waals surface area contributed by atoms with E-state index in [4.69, 9.17) is 5.73 Å². The third kappa shape index (κ3) is 3.04. The van der Waals surface area contributed by atoms with Gasteiger partial charge >= 0.3 is 0 Å². The molecule has 0 spiro atoms. The van der Waals surface area contributed by atoms with Crippen molar-refractivity contribution < 1.29 is 0 Å². The van der Waals surface area contributed by atoms with E-state index in [9.17, 15) is 4.79 Å². The molecule has 29 heavy (non-hydrogen) atoms. The summed E-state index contributed by atoms with van der Waals surface area (Å²) in [6, 6.07) is 15.4. The number of fused-ring (bicyclic) bond motifs is 3. The normalized spacial score (nSPS) is 14.6. The van der Waals surface area contributed by atoms with E-state index in [2.05, 4.69) is 15.1 Å². The minimum atomic E-state index is -0.113. The minimum absolute atomic E-state index is 0.113. The predicted octanol–water partition coefficient (Wildman–Crippen LogP) is 2.94. The van der Waals surface area contributed by atoms with Crippen LogP contribution in [0.25, 0.3) is 22.8 Å². The fraction of sp³-hybridized carbons (Fsp3) is 0.227. The molecule has 7 heteroatoms. The summed E-state index contributed by atoms with van der Waals surface area (Å²) in [5, 5.41) is 9.41. The van der Waals surface area contributed by atoms with Crippen LogP contribution in [0.1, 0.15) is 18.4 Å². The highest BCUT2D eigenvalue weighted by atomic mass is 16.1. The first kappa shape index (κ1) is 17.5. The summed E-state index contributed by atoms with van der Waals surface area (Å²) in [5.41, 5.74) is 8.31. The summed E-state index contributed by atoms with van der Waals surface area (Å²) >= 11 is 0. The Hall–Kier alpha value is -3.61. The Morgan fingerprint density at radius 1 is 1.03 bits per heavy atom. The van der Waals surface area contributed by atoms with Crippen molar-refractivity contribution in [2.24, 2.45) is 0 Å². The van der Waals surface area contributed by atoms with Crippen LogP contribution < -0.4 is 16.2 Å². The van der Waals surface area contributed by atoms with Crippen LogP contribution in [0.5, 0.6) is 0 Å². The molecule has 2 aromatic heterocycles. The van der Waals surface area contributed by atoms with Gasteiger partial charge in [0.15, 0.2) is 0 Å². The molecule has 1 aliphatic heterocycles. The highest BCUT2D eigenvalue weighted by Gasteiger charge is 2.22. The molecule has 5 rings (SSSR count). The number of nitrogen functional groups attached to an aromatic ring is 1. The third-order valence-electron chi connectivity index (χ3n) is 5.39. The van der Waals surface area contributed by atoms with E-state index < -0.39 is 0 Å². The third-order valence-corrected chi connectivity index (χ3v) is 5.39. The fourth-order valence-electron chi connectivity index (χ4n) is 3.96. The van der Waals surface area contributed by atoms with Gasteiger partial charge in [-0.05, 0) is 36.6 Å². The Labute approximate surface area is 167 Å². The maximum atomic E-state index is 13.2. The summed E-state index contributed by atoms with van der Waals surface area (Å²) < 4.78 is 3.64.